The van der Waals surface area contributed by atoms with Crippen LogP contribution in [-0.4, -0.2) is 18.0 Å². The van der Waals surface area contributed by atoms with Crippen LogP contribution in [-0.2, 0) is 16.2 Å². The molecule has 0 aliphatic rings. The summed E-state index contributed by atoms with van der Waals surface area (Å²) in [4.78, 5) is 24.0. The highest BCUT2D eigenvalue weighted by Crippen LogP contribution is 2.26. The van der Waals surface area contributed by atoms with Crippen molar-refractivity contribution in [3.8, 4) is 5.75 Å². The van der Waals surface area contributed by atoms with Crippen molar-refractivity contribution in [1.82, 2.24) is 5.43 Å². The molecule has 0 aliphatic heterocycles. The van der Waals surface area contributed by atoms with Gasteiger partial charge in [-0.25, -0.2) is 5.43 Å². The molecule has 0 unspecified atom stereocenters. The molecule has 0 radical (unpaired) electrons. The smallest absolute Gasteiger partial charge is 0.249 e. The first-order valence-corrected chi connectivity index (χ1v) is 11.4. The van der Waals surface area contributed by atoms with Crippen LogP contribution in [0.5, 0.6) is 5.75 Å². The van der Waals surface area contributed by atoms with Gasteiger partial charge in [-0.2, -0.15) is 5.10 Å². The third-order valence-corrected chi connectivity index (χ3v) is 5.72. The molecule has 0 fully saturated rings. The van der Waals surface area contributed by atoms with E-state index in [9.17, 15) is 9.59 Å². The fourth-order valence-corrected chi connectivity index (χ4v) is 3.51. The van der Waals surface area contributed by atoms with Crippen LogP contribution < -0.4 is 15.5 Å². The van der Waals surface area contributed by atoms with Gasteiger partial charge in [0, 0.05) is 15.7 Å². The van der Waals surface area contributed by atoms with Crippen molar-refractivity contribution >= 4 is 62.8 Å². The van der Waals surface area contributed by atoms with E-state index in [-0.39, 0.29) is 6.42 Å². The van der Waals surface area contributed by atoms with Crippen molar-refractivity contribution in [1.29, 1.82) is 0 Å². The predicted molar refractivity (Wildman–Crippen MR) is 135 cm³/mol. The zero-order chi connectivity index (χ0) is 23.8. The average molecular weight is 549 g/mol. The maximum absolute atomic E-state index is 12.0. The van der Waals surface area contributed by atoms with E-state index < -0.39 is 11.8 Å². The van der Waals surface area contributed by atoms with Gasteiger partial charge >= 0.3 is 0 Å². The summed E-state index contributed by atoms with van der Waals surface area (Å²) in [6.07, 6.45) is 1.10. The summed E-state index contributed by atoms with van der Waals surface area (Å²) < 4.78 is 6.55. The summed E-state index contributed by atoms with van der Waals surface area (Å²) >= 11 is 15.4. The van der Waals surface area contributed by atoms with Gasteiger partial charge in [-0.3, -0.25) is 9.59 Å². The molecule has 3 aromatic carbocycles. The predicted octanol–water partition coefficient (Wildman–Crippen LogP) is 6.12. The SMILES string of the molecule is Cc1ccc(NC(=O)CC(=O)NN=Cc2ccc(OCc3ccc(Cl)cc3)c(Br)c2)cc1Cl. The maximum Gasteiger partial charge on any atom is 0.249 e. The number of hydrogen-bond donors (Lipinski definition) is 2. The molecule has 6 nitrogen and oxygen atoms in total. The van der Waals surface area contributed by atoms with Gasteiger partial charge in [-0.15, -0.1) is 0 Å². The number of benzene rings is 3. The van der Waals surface area contributed by atoms with E-state index in [0.29, 0.717) is 28.1 Å². The van der Waals surface area contributed by atoms with Crippen LogP contribution in [0.1, 0.15) is 23.1 Å². The molecule has 0 aliphatic carbocycles. The molecule has 0 spiro atoms. The minimum atomic E-state index is -0.538. The molecule has 9 heteroatoms. The van der Waals surface area contributed by atoms with Gasteiger partial charge in [0.05, 0.1) is 10.7 Å². The van der Waals surface area contributed by atoms with E-state index in [0.717, 1.165) is 21.2 Å². The second kappa shape index (κ2) is 11.8. The lowest BCUT2D eigenvalue weighted by molar-refractivity contribution is -0.126. The Kier molecular flexibility index (Phi) is 8.88. The fourth-order valence-electron chi connectivity index (χ4n) is 2.70. The highest BCUT2D eigenvalue weighted by atomic mass is 79.9. The molecule has 2 amide bonds. The van der Waals surface area contributed by atoms with Crippen molar-refractivity contribution in [3.05, 3.63) is 91.9 Å². The lowest BCUT2D eigenvalue weighted by Crippen LogP contribution is -2.24. The zero-order valence-electron chi connectivity index (χ0n) is 17.6. The van der Waals surface area contributed by atoms with E-state index in [4.69, 9.17) is 27.9 Å². The third kappa shape index (κ3) is 7.89. The standard InChI is InChI=1S/C24H20BrCl2N3O3/c1-15-2-8-19(11-21(15)27)29-23(31)12-24(32)30-28-13-17-5-9-22(20(25)10-17)33-14-16-3-6-18(26)7-4-16/h2-11,13H,12,14H2,1H3,(H,29,31)(H,30,32). The number of nitrogens with zero attached hydrogens (tertiary/aromatic N) is 1. The van der Waals surface area contributed by atoms with Crippen molar-refractivity contribution in [3.63, 3.8) is 0 Å². The van der Waals surface area contributed by atoms with Gasteiger partial charge in [0.25, 0.3) is 0 Å². The Morgan fingerprint density at radius 3 is 2.48 bits per heavy atom. The number of carbonyl (C=O) groups is 2. The molecule has 170 valence electrons. The third-order valence-electron chi connectivity index (χ3n) is 4.44. The van der Waals surface area contributed by atoms with Crippen LogP contribution in [0.15, 0.2) is 70.2 Å². The number of nitrogens with one attached hydrogen (secondary N) is 2. The number of halogens is 3. The number of anilines is 1. The monoisotopic (exact) mass is 547 g/mol. The van der Waals surface area contributed by atoms with Crippen molar-refractivity contribution < 1.29 is 14.3 Å². The number of ether oxygens (including phenoxy) is 1. The van der Waals surface area contributed by atoms with Crippen LogP contribution in [0.4, 0.5) is 5.69 Å². The van der Waals surface area contributed by atoms with E-state index in [2.05, 4.69) is 31.8 Å². The molecule has 0 aromatic heterocycles. The fraction of sp³-hybridized carbons (Fsp3) is 0.125. The Hall–Kier alpha value is -2.87. The average Bonchev–Trinajstić information content (AvgIpc) is 2.77. The molecule has 0 bridgehead atoms. The van der Waals surface area contributed by atoms with E-state index in [1.165, 1.54) is 6.21 Å². The van der Waals surface area contributed by atoms with Gasteiger partial charge in [0.15, 0.2) is 0 Å². The van der Waals surface area contributed by atoms with Gasteiger partial charge in [-0.1, -0.05) is 41.4 Å². The molecular formula is C24H20BrCl2N3O3. The van der Waals surface area contributed by atoms with E-state index >= 15 is 0 Å². The van der Waals surface area contributed by atoms with Crippen LogP contribution >= 0.6 is 39.1 Å². The molecular weight excluding hydrogens is 529 g/mol. The number of carbonyl (C=O) groups excluding carboxylic acids is 2. The highest BCUT2D eigenvalue weighted by Gasteiger charge is 2.10. The van der Waals surface area contributed by atoms with Crippen LogP contribution in [0.2, 0.25) is 10.0 Å². The Labute approximate surface area is 210 Å². The lowest BCUT2D eigenvalue weighted by atomic mass is 10.2. The van der Waals surface area contributed by atoms with Crippen LogP contribution in [0.25, 0.3) is 0 Å². The molecule has 3 aromatic rings. The second-order valence-corrected chi connectivity index (χ2v) is 8.79. The molecule has 3 rings (SSSR count). The molecule has 0 atom stereocenters. The number of aryl methyl sites for hydroxylation is 1. The number of amides is 2. The Morgan fingerprint density at radius 1 is 1.03 bits per heavy atom. The quantitative estimate of drug-likeness (QED) is 0.202. The lowest BCUT2D eigenvalue weighted by Gasteiger charge is -2.09. The summed E-state index contributed by atoms with van der Waals surface area (Å²) in [5.74, 6) is -0.337. The molecule has 0 saturated carbocycles. The summed E-state index contributed by atoms with van der Waals surface area (Å²) in [5, 5.41) is 7.74. The highest BCUT2D eigenvalue weighted by molar-refractivity contribution is 9.10. The van der Waals surface area contributed by atoms with Gasteiger partial charge < -0.3 is 10.1 Å². The first kappa shape index (κ1) is 24.8. The molecule has 0 saturated heterocycles. The van der Waals surface area contributed by atoms with Gasteiger partial charge in [0.2, 0.25) is 11.8 Å². The van der Waals surface area contributed by atoms with Crippen molar-refractivity contribution in [2.75, 3.05) is 5.32 Å². The largest absolute Gasteiger partial charge is 0.488 e. The minimum absolute atomic E-state index is 0.371. The van der Waals surface area contributed by atoms with Gasteiger partial charge in [0.1, 0.15) is 18.8 Å². The zero-order valence-corrected chi connectivity index (χ0v) is 20.7. The number of hydrogen-bond acceptors (Lipinski definition) is 4. The number of hydrazone groups is 1. The Bertz CT molecular complexity index is 1180. The topological polar surface area (TPSA) is 79.8 Å². The Balaban J connectivity index is 1.47. The molecule has 2 N–H and O–H groups in total. The van der Waals surface area contributed by atoms with Crippen molar-refractivity contribution in [2.45, 2.75) is 20.0 Å². The number of rotatable bonds is 8. The Morgan fingerprint density at radius 2 is 1.79 bits per heavy atom. The minimum Gasteiger partial charge on any atom is -0.488 e. The van der Waals surface area contributed by atoms with Crippen molar-refractivity contribution in [2.24, 2.45) is 5.10 Å². The summed E-state index contributed by atoms with van der Waals surface area (Å²) in [7, 11) is 0. The van der Waals surface area contributed by atoms with E-state index in [1.807, 2.05) is 31.2 Å². The first-order valence-electron chi connectivity index (χ1n) is 9.85. The van der Waals surface area contributed by atoms with Gasteiger partial charge in [-0.05, 0) is 82.0 Å². The summed E-state index contributed by atoms with van der Waals surface area (Å²) in [5.41, 5.74) is 5.49. The summed E-state index contributed by atoms with van der Waals surface area (Å²) in [6, 6.07) is 18.0. The molecule has 0 heterocycles. The first-order chi connectivity index (χ1) is 15.8. The summed E-state index contributed by atoms with van der Waals surface area (Å²) in [6.45, 7) is 2.26. The van der Waals surface area contributed by atoms with Crippen LogP contribution in [0.3, 0.4) is 0 Å². The maximum atomic E-state index is 12.0. The molecule has 33 heavy (non-hydrogen) atoms. The second-order valence-electron chi connectivity index (χ2n) is 7.09. The normalized spacial score (nSPS) is 10.8. The van der Waals surface area contributed by atoms with E-state index in [1.54, 1.807) is 36.4 Å². The van der Waals surface area contributed by atoms with Crippen LogP contribution in [0, 0.1) is 6.92 Å².